The lowest BCUT2D eigenvalue weighted by Crippen LogP contribution is -2.26. The third-order valence-electron chi connectivity index (χ3n) is 7.32. The second kappa shape index (κ2) is 11.7. The first-order chi connectivity index (χ1) is 18.4. The van der Waals surface area contributed by atoms with Crippen LogP contribution < -0.4 is 4.74 Å². The van der Waals surface area contributed by atoms with Crippen molar-refractivity contribution in [2.75, 3.05) is 26.3 Å². The minimum absolute atomic E-state index is 0.0200. The number of nitrogens with zero attached hydrogens (tertiary/aromatic N) is 1. The number of aromatic carboxylic acids is 1. The number of carboxylic acids is 1. The van der Waals surface area contributed by atoms with Crippen molar-refractivity contribution in [1.82, 2.24) is 4.90 Å². The number of hydrogen-bond donors (Lipinski definition) is 1. The quantitative estimate of drug-likeness (QED) is 0.328. The van der Waals surface area contributed by atoms with E-state index in [1.54, 1.807) is 24.3 Å². The zero-order valence-electron chi connectivity index (χ0n) is 21.1. The van der Waals surface area contributed by atoms with Crippen molar-refractivity contribution in [1.29, 1.82) is 0 Å². The minimum atomic E-state index is -0.973. The molecule has 0 spiro atoms. The van der Waals surface area contributed by atoms with Crippen LogP contribution in [0.25, 0.3) is 11.1 Å². The maximum absolute atomic E-state index is 15.2. The SMILES string of the molecule is O=C(O)c1ccc2c(c1)CCCC(c1ccc(Cl)cc1F)=C2c1cccc(OC2CCN(CCCF)C2)c1. The highest BCUT2D eigenvalue weighted by Crippen LogP contribution is 2.42. The van der Waals surface area contributed by atoms with Crippen molar-refractivity contribution in [3.8, 4) is 5.75 Å². The van der Waals surface area contributed by atoms with E-state index < -0.39 is 5.97 Å². The lowest BCUT2D eigenvalue weighted by Gasteiger charge is -2.19. The van der Waals surface area contributed by atoms with Crippen LogP contribution in [0.2, 0.25) is 5.02 Å². The number of ether oxygens (including phenoxy) is 1. The third kappa shape index (κ3) is 5.77. The van der Waals surface area contributed by atoms with Crippen molar-refractivity contribution >= 4 is 28.7 Å². The van der Waals surface area contributed by atoms with Gasteiger partial charge in [0.2, 0.25) is 0 Å². The highest BCUT2D eigenvalue weighted by atomic mass is 35.5. The summed E-state index contributed by atoms with van der Waals surface area (Å²) >= 11 is 6.06. The predicted octanol–water partition coefficient (Wildman–Crippen LogP) is 7.29. The maximum atomic E-state index is 15.2. The molecule has 1 N–H and O–H groups in total. The van der Waals surface area contributed by atoms with E-state index in [0.29, 0.717) is 29.8 Å². The number of benzene rings is 3. The van der Waals surface area contributed by atoms with Crippen LogP contribution in [0.5, 0.6) is 5.75 Å². The summed E-state index contributed by atoms with van der Waals surface area (Å²) in [4.78, 5) is 13.9. The second-order valence-corrected chi connectivity index (χ2v) is 10.3. The van der Waals surface area contributed by atoms with Crippen LogP contribution >= 0.6 is 11.6 Å². The van der Waals surface area contributed by atoms with E-state index in [9.17, 15) is 14.3 Å². The van der Waals surface area contributed by atoms with E-state index >= 15 is 4.39 Å². The van der Waals surface area contributed by atoms with Gasteiger partial charge >= 0.3 is 5.97 Å². The molecule has 0 saturated carbocycles. The first-order valence-corrected chi connectivity index (χ1v) is 13.4. The van der Waals surface area contributed by atoms with Crippen LogP contribution in [0.3, 0.4) is 0 Å². The lowest BCUT2D eigenvalue weighted by molar-refractivity contribution is 0.0696. The van der Waals surface area contributed by atoms with Crippen LogP contribution in [-0.2, 0) is 6.42 Å². The molecule has 0 aromatic heterocycles. The molecule has 2 aliphatic rings. The van der Waals surface area contributed by atoms with E-state index in [2.05, 4.69) is 4.90 Å². The first kappa shape index (κ1) is 26.4. The molecular weight excluding hydrogens is 508 g/mol. The van der Waals surface area contributed by atoms with E-state index in [0.717, 1.165) is 66.1 Å². The Morgan fingerprint density at radius 2 is 1.92 bits per heavy atom. The Morgan fingerprint density at radius 3 is 2.71 bits per heavy atom. The number of alkyl halides is 1. The molecule has 1 heterocycles. The zero-order chi connectivity index (χ0) is 26.6. The monoisotopic (exact) mass is 537 g/mol. The molecule has 1 aliphatic heterocycles. The fraction of sp³-hybridized carbons (Fsp3) is 0.323. The number of halogens is 3. The summed E-state index contributed by atoms with van der Waals surface area (Å²) < 4.78 is 34.2. The van der Waals surface area contributed by atoms with Gasteiger partial charge in [0.25, 0.3) is 0 Å². The van der Waals surface area contributed by atoms with E-state index in [-0.39, 0.29) is 24.2 Å². The summed E-state index contributed by atoms with van der Waals surface area (Å²) in [5.41, 5.74) is 5.16. The van der Waals surface area contributed by atoms with Gasteiger partial charge in [-0.1, -0.05) is 35.9 Å². The van der Waals surface area contributed by atoms with E-state index in [1.807, 2.05) is 30.3 Å². The summed E-state index contributed by atoms with van der Waals surface area (Å²) in [6.07, 6.45) is 3.49. The van der Waals surface area contributed by atoms with Gasteiger partial charge in [-0.25, -0.2) is 9.18 Å². The van der Waals surface area contributed by atoms with Crippen molar-refractivity contribution in [3.63, 3.8) is 0 Å². The molecule has 1 saturated heterocycles. The van der Waals surface area contributed by atoms with Crippen molar-refractivity contribution < 1.29 is 23.4 Å². The molecule has 0 bridgehead atoms. The number of carboxylic acid groups (broad SMARTS) is 1. The molecule has 1 atom stereocenters. The molecule has 1 aliphatic carbocycles. The Morgan fingerprint density at radius 1 is 1.08 bits per heavy atom. The smallest absolute Gasteiger partial charge is 0.335 e. The summed E-state index contributed by atoms with van der Waals surface area (Å²) in [5.74, 6) is -0.641. The molecule has 0 radical (unpaired) electrons. The van der Waals surface area contributed by atoms with Crippen molar-refractivity contribution in [2.24, 2.45) is 0 Å². The van der Waals surface area contributed by atoms with Gasteiger partial charge in [-0.15, -0.1) is 0 Å². The van der Waals surface area contributed by atoms with Gasteiger partial charge in [-0.2, -0.15) is 0 Å². The molecule has 3 aromatic rings. The number of carbonyl (C=O) groups is 1. The van der Waals surface area contributed by atoms with Gasteiger partial charge in [0.1, 0.15) is 17.7 Å². The van der Waals surface area contributed by atoms with Gasteiger partial charge in [0, 0.05) is 30.2 Å². The Bertz CT molecular complexity index is 1370. The molecule has 198 valence electrons. The summed E-state index contributed by atoms with van der Waals surface area (Å²) in [6, 6.07) is 17.7. The van der Waals surface area contributed by atoms with Crippen LogP contribution in [0.1, 0.15) is 58.3 Å². The van der Waals surface area contributed by atoms with Crippen LogP contribution in [0.4, 0.5) is 8.78 Å². The van der Waals surface area contributed by atoms with Crippen LogP contribution in [0.15, 0.2) is 60.7 Å². The summed E-state index contributed by atoms with van der Waals surface area (Å²) in [5, 5.41) is 9.89. The molecule has 1 unspecified atom stereocenters. The Hall–Kier alpha value is -3.22. The summed E-state index contributed by atoms with van der Waals surface area (Å²) in [6.45, 7) is 2.06. The highest BCUT2D eigenvalue weighted by Gasteiger charge is 2.25. The van der Waals surface area contributed by atoms with Crippen LogP contribution in [0, 0.1) is 5.82 Å². The number of rotatable bonds is 8. The predicted molar refractivity (Wildman–Crippen MR) is 146 cm³/mol. The molecular formula is C31H30ClF2NO3. The van der Waals surface area contributed by atoms with E-state index in [1.165, 1.54) is 6.07 Å². The van der Waals surface area contributed by atoms with Gasteiger partial charge in [-0.05, 0) is 96.3 Å². The topological polar surface area (TPSA) is 49.8 Å². The van der Waals surface area contributed by atoms with Gasteiger partial charge < -0.3 is 9.84 Å². The average Bonchev–Trinajstić information content (AvgIpc) is 3.25. The Balaban J connectivity index is 1.57. The number of allylic oxidation sites excluding steroid dienone is 1. The number of hydrogen-bond acceptors (Lipinski definition) is 3. The largest absolute Gasteiger partial charge is 0.489 e. The molecule has 0 amide bonds. The molecule has 38 heavy (non-hydrogen) atoms. The van der Waals surface area contributed by atoms with Gasteiger partial charge in [-0.3, -0.25) is 9.29 Å². The molecule has 7 heteroatoms. The lowest BCUT2D eigenvalue weighted by atomic mass is 9.87. The fourth-order valence-corrected chi connectivity index (χ4v) is 5.71. The van der Waals surface area contributed by atoms with Crippen LogP contribution in [-0.4, -0.2) is 48.4 Å². The third-order valence-corrected chi connectivity index (χ3v) is 7.55. The first-order valence-electron chi connectivity index (χ1n) is 13.0. The van der Waals surface area contributed by atoms with E-state index in [4.69, 9.17) is 16.3 Å². The van der Waals surface area contributed by atoms with Gasteiger partial charge in [0.05, 0.1) is 12.2 Å². The number of aryl methyl sites for hydroxylation is 1. The molecule has 4 nitrogen and oxygen atoms in total. The number of fused-ring (bicyclic) bond motifs is 1. The van der Waals surface area contributed by atoms with Crippen molar-refractivity contribution in [3.05, 3.63) is 99.3 Å². The Kier molecular flexibility index (Phi) is 8.10. The van der Waals surface area contributed by atoms with Gasteiger partial charge in [0.15, 0.2) is 0 Å². The zero-order valence-corrected chi connectivity index (χ0v) is 21.8. The standard InChI is InChI=1S/C31H30ClF2NO3/c32-23-9-11-27(29(34)18-23)28-7-2-4-20-16-22(31(36)37)8-10-26(20)30(28)21-5-1-6-24(17-21)38-25-12-15-35(19-25)14-3-13-33/h1,5-6,8-11,16-18,25H,2-4,7,12-15,19H2,(H,36,37). The minimum Gasteiger partial charge on any atom is -0.489 e. The molecule has 1 fully saturated rings. The van der Waals surface area contributed by atoms with Crippen molar-refractivity contribution in [2.45, 2.75) is 38.2 Å². The molecule has 5 rings (SSSR count). The average molecular weight is 538 g/mol. The maximum Gasteiger partial charge on any atom is 0.335 e. The number of likely N-dealkylation sites (tertiary alicyclic amines) is 1. The normalized spacial score (nSPS) is 17.8. The summed E-state index contributed by atoms with van der Waals surface area (Å²) in [7, 11) is 0. The second-order valence-electron chi connectivity index (χ2n) is 9.91. The fourth-order valence-electron chi connectivity index (χ4n) is 5.55. The molecule has 3 aromatic carbocycles. The Labute approximate surface area is 226 Å². The highest BCUT2D eigenvalue weighted by molar-refractivity contribution is 6.30.